The molecule has 1 heterocycles. The third-order valence-electron chi connectivity index (χ3n) is 3.60. The molecule has 1 unspecified atom stereocenters. The monoisotopic (exact) mass is 286 g/mol. The lowest BCUT2D eigenvalue weighted by atomic mass is 9.97. The van der Waals surface area contributed by atoms with Crippen LogP contribution in [0.25, 0.3) is 0 Å². The summed E-state index contributed by atoms with van der Waals surface area (Å²) in [7, 11) is 0. The van der Waals surface area contributed by atoms with Crippen LogP contribution in [0.2, 0.25) is 0 Å². The number of carbonyl (C=O) groups excluding carboxylic acids is 1. The summed E-state index contributed by atoms with van der Waals surface area (Å²) in [6.07, 6.45) is 1.33. The maximum Gasteiger partial charge on any atom is 0.306 e. The van der Waals surface area contributed by atoms with E-state index in [2.05, 4.69) is 5.32 Å². The van der Waals surface area contributed by atoms with Crippen LogP contribution in [-0.2, 0) is 9.59 Å². The van der Waals surface area contributed by atoms with Crippen LogP contribution in [0.5, 0.6) is 0 Å². The number of carboxylic acids is 1. The average Bonchev–Trinajstić information content (AvgIpc) is 2.37. The van der Waals surface area contributed by atoms with Crippen molar-refractivity contribution in [3.63, 3.8) is 0 Å². The van der Waals surface area contributed by atoms with Gasteiger partial charge in [-0.3, -0.25) is 9.59 Å². The van der Waals surface area contributed by atoms with E-state index in [1.54, 1.807) is 4.90 Å². The number of piperidine rings is 1. The molecule has 0 aromatic rings. The summed E-state index contributed by atoms with van der Waals surface area (Å²) in [5.74, 6) is -0.685. The summed E-state index contributed by atoms with van der Waals surface area (Å²) in [4.78, 5) is 24.4. The lowest BCUT2D eigenvalue weighted by molar-refractivity contribution is -0.145. The highest BCUT2D eigenvalue weighted by atomic mass is 16.4. The van der Waals surface area contributed by atoms with Gasteiger partial charge in [-0.05, 0) is 25.2 Å². The van der Waals surface area contributed by atoms with Gasteiger partial charge in [0.15, 0.2) is 0 Å². The Hall–Kier alpha value is -1.14. The second-order valence-corrected chi connectivity index (χ2v) is 5.91. The molecule has 0 aliphatic carbocycles. The summed E-state index contributed by atoms with van der Waals surface area (Å²) in [6, 6.07) is 0. The normalized spacial score (nSPS) is 18.3. The zero-order valence-electron chi connectivity index (χ0n) is 12.3. The number of likely N-dealkylation sites (tertiary alicyclic amines) is 1. The molecule has 1 fully saturated rings. The largest absolute Gasteiger partial charge is 0.481 e. The van der Waals surface area contributed by atoms with E-state index in [4.69, 9.17) is 5.11 Å². The first kappa shape index (κ1) is 16.9. The van der Waals surface area contributed by atoms with Crippen molar-refractivity contribution in [3.8, 4) is 0 Å². The van der Waals surface area contributed by atoms with E-state index >= 15 is 0 Å². The smallest absolute Gasteiger partial charge is 0.306 e. The second-order valence-electron chi connectivity index (χ2n) is 5.91. The average molecular weight is 286 g/mol. The minimum Gasteiger partial charge on any atom is -0.481 e. The van der Waals surface area contributed by atoms with Gasteiger partial charge in [0.05, 0.1) is 18.6 Å². The standard InChI is InChI=1S/C14H26N2O4/c1-10(2)7-12(17)8-15-9-13(18)16-5-3-11(4-6-16)14(19)20/h10-12,15,17H,3-9H2,1-2H3,(H,19,20). The molecule has 20 heavy (non-hydrogen) atoms. The summed E-state index contributed by atoms with van der Waals surface area (Å²) in [6.45, 7) is 5.71. The molecule has 1 saturated heterocycles. The van der Waals surface area contributed by atoms with Crippen molar-refractivity contribution in [1.82, 2.24) is 10.2 Å². The highest BCUT2D eigenvalue weighted by Gasteiger charge is 2.26. The van der Waals surface area contributed by atoms with Gasteiger partial charge in [0.25, 0.3) is 0 Å². The maximum absolute atomic E-state index is 11.9. The Morgan fingerprint density at radius 1 is 1.30 bits per heavy atom. The molecular formula is C14H26N2O4. The number of rotatable bonds is 7. The van der Waals surface area contributed by atoms with Gasteiger partial charge in [0.1, 0.15) is 0 Å². The van der Waals surface area contributed by atoms with Crippen molar-refractivity contribution in [2.24, 2.45) is 11.8 Å². The number of hydrogen-bond donors (Lipinski definition) is 3. The fourth-order valence-electron chi connectivity index (χ4n) is 2.46. The molecule has 0 aromatic carbocycles. The highest BCUT2D eigenvalue weighted by Crippen LogP contribution is 2.17. The minimum absolute atomic E-state index is 0.0226. The van der Waals surface area contributed by atoms with E-state index in [0.717, 1.165) is 0 Å². The van der Waals surface area contributed by atoms with Crippen molar-refractivity contribution in [2.45, 2.75) is 39.2 Å². The van der Waals surface area contributed by atoms with Gasteiger partial charge >= 0.3 is 5.97 Å². The van der Waals surface area contributed by atoms with Gasteiger partial charge in [-0.25, -0.2) is 0 Å². The summed E-state index contributed by atoms with van der Waals surface area (Å²) in [5.41, 5.74) is 0. The number of aliphatic hydroxyl groups is 1. The number of aliphatic hydroxyl groups excluding tert-OH is 1. The third-order valence-corrected chi connectivity index (χ3v) is 3.60. The molecule has 0 spiro atoms. The molecule has 3 N–H and O–H groups in total. The Morgan fingerprint density at radius 2 is 1.90 bits per heavy atom. The van der Waals surface area contributed by atoms with Gasteiger partial charge in [0, 0.05) is 19.6 Å². The van der Waals surface area contributed by atoms with E-state index in [0.29, 0.717) is 44.8 Å². The molecular weight excluding hydrogens is 260 g/mol. The minimum atomic E-state index is -0.771. The molecule has 0 radical (unpaired) electrons. The number of nitrogens with one attached hydrogen (secondary N) is 1. The van der Waals surface area contributed by atoms with Crippen LogP contribution in [0, 0.1) is 11.8 Å². The Labute approximate surface area is 120 Å². The van der Waals surface area contributed by atoms with E-state index in [1.165, 1.54) is 0 Å². The Kier molecular flexibility index (Phi) is 6.95. The molecule has 0 saturated carbocycles. The van der Waals surface area contributed by atoms with Crippen molar-refractivity contribution >= 4 is 11.9 Å². The summed E-state index contributed by atoms with van der Waals surface area (Å²) < 4.78 is 0. The fourth-order valence-corrected chi connectivity index (χ4v) is 2.46. The zero-order valence-corrected chi connectivity index (χ0v) is 12.3. The molecule has 1 rings (SSSR count). The van der Waals surface area contributed by atoms with Gasteiger partial charge in [0.2, 0.25) is 5.91 Å². The van der Waals surface area contributed by atoms with Crippen molar-refractivity contribution in [1.29, 1.82) is 0 Å². The van der Waals surface area contributed by atoms with Crippen LogP contribution < -0.4 is 5.32 Å². The number of hydrogen-bond acceptors (Lipinski definition) is 4. The first-order valence-electron chi connectivity index (χ1n) is 7.29. The summed E-state index contributed by atoms with van der Waals surface area (Å²) >= 11 is 0. The number of carbonyl (C=O) groups is 2. The van der Waals surface area contributed by atoms with Gasteiger partial charge in [-0.2, -0.15) is 0 Å². The van der Waals surface area contributed by atoms with E-state index in [1.807, 2.05) is 13.8 Å². The second kappa shape index (κ2) is 8.21. The molecule has 6 heteroatoms. The van der Waals surface area contributed by atoms with E-state index in [-0.39, 0.29) is 18.4 Å². The van der Waals surface area contributed by atoms with Crippen LogP contribution in [0.1, 0.15) is 33.1 Å². The molecule has 6 nitrogen and oxygen atoms in total. The van der Waals surface area contributed by atoms with Gasteiger partial charge in [-0.1, -0.05) is 13.8 Å². The lowest BCUT2D eigenvalue weighted by Crippen LogP contribution is -2.45. The number of aliphatic carboxylic acids is 1. The first-order valence-corrected chi connectivity index (χ1v) is 7.29. The molecule has 1 atom stereocenters. The van der Waals surface area contributed by atoms with Crippen LogP contribution in [0.3, 0.4) is 0 Å². The molecule has 1 aliphatic heterocycles. The van der Waals surface area contributed by atoms with Crippen LogP contribution in [0.15, 0.2) is 0 Å². The highest BCUT2D eigenvalue weighted by molar-refractivity contribution is 5.78. The number of amides is 1. The Balaban J connectivity index is 2.19. The third kappa shape index (κ3) is 5.88. The van der Waals surface area contributed by atoms with E-state index < -0.39 is 12.1 Å². The lowest BCUT2D eigenvalue weighted by Gasteiger charge is -2.30. The van der Waals surface area contributed by atoms with Gasteiger partial charge < -0.3 is 20.4 Å². The predicted molar refractivity (Wildman–Crippen MR) is 75.3 cm³/mol. The quantitative estimate of drug-likeness (QED) is 0.626. The summed E-state index contributed by atoms with van der Waals surface area (Å²) in [5, 5.41) is 21.5. The molecule has 1 aliphatic rings. The fraction of sp³-hybridized carbons (Fsp3) is 0.857. The van der Waals surface area contributed by atoms with Crippen molar-refractivity contribution in [2.75, 3.05) is 26.2 Å². The predicted octanol–water partition coefficient (Wildman–Crippen LogP) is 0.306. The maximum atomic E-state index is 11.9. The number of carboxylic acid groups (broad SMARTS) is 1. The molecule has 0 aromatic heterocycles. The Bertz CT molecular complexity index is 325. The van der Waals surface area contributed by atoms with Crippen LogP contribution >= 0.6 is 0 Å². The topological polar surface area (TPSA) is 89.9 Å². The van der Waals surface area contributed by atoms with Crippen molar-refractivity contribution < 1.29 is 19.8 Å². The van der Waals surface area contributed by atoms with Crippen LogP contribution in [-0.4, -0.2) is 59.3 Å². The van der Waals surface area contributed by atoms with Gasteiger partial charge in [-0.15, -0.1) is 0 Å². The Morgan fingerprint density at radius 3 is 2.40 bits per heavy atom. The van der Waals surface area contributed by atoms with Crippen LogP contribution in [0.4, 0.5) is 0 Å². The molecule has 1 amide bonds. The zero-order chi connectivity index (χ0) is 15.1. The SMILES string of the molecule is CC(C)CC(O)CNCC(=O)N1CCC(C(=O)O)CC1. The molecule has 0 bridgehead atoms. The van der Waals surface area contributed by atoms with E-state index in [9.17, 15) is 14.7 Å². The first-order chi connectivity index (χ1) is 9.40. The molecule has 116 valence electrons. The number of nitrogens with zero attached hydrogens (tertiary/aromatic N) is 1. The van der Waals surface area contributed by atoms with Crippen molar-refractivity contribution in [3.05, 3.63) is 0 Å².